The van der Waals surface area contributed by atoms with Gasteiger partial charge in [-0.1, -0.05) is 26.0 Å². The molecule has 1 saturated carbocycles. The van der Waals surface area contributed by atoms with Gasteiger partial charge >= 0.3 is 0 Å². The molecule has 0 saturated heterocycles. The van der Waals surface area contributed by atoms with Crippen molar-refractivity contribution in [3.63, 3.8) is 0 Å². The molecule has 1 aromatic carbocycles. The van der Waals surface area contributed by atoms with Crippen molar-refractivity contribution in [1.29, 1.82) is 0 Å². The molecule has 0 bridgehead atoms. The minimum absolute atomic E-state index is 0. The number of halogens is 1. The number of hydrogen-bond acceptors (Lipinski definition) is 4. The molecule has 5 nitrogen and oxygen atoms in total. The number of anilines is 1. The van der Waals surface area contributed by atoms with Crippen LogP contribution in [0.4, 0.5) is 5.69 Å². The summed E-state index contributed by atoms with van der Waals surface area (Å²) in [5.74, 6) is -0.158. The number of benzene rings is 1. The summed E-state index contributed by atoms with van der Waals surface area (Å²) >= 11 is 0. The van der Waals surface area contributed by atoms with E-state index in [2.05, 4.69) is 5.32 Å². The molecule has 2 unspecified atom stereocenters. The van der Waals surface area contributed by atoms with E-state index in [0.29, 0.717) is 19.6 Å². The molecule has 2 rings (SSSR count). The second-order valence-electron chi connectivity index (χ2n) is 7.35. The Balaban J connectivity index is 0.00000312. The molecule has 0 radical (unpaired) electrons. The first-order valence-electron chi connectivity index (χ1n) is 8.63. The van der Waals surface area contributed by atoms with E-state index in [0.717, 1.165) is 11.3 Å². The lowest BCUT2D eigenvalue weighted by Crippen LogP contribution is -2.74. The average molecular weight is 371 g/mol. The lowest BCUT2D eigenvalue weighted by atomic mass is 9.54. The normalized spacial score (nSPS) is 24.4. The van der Waals surface area contributed by atoms with Crippen LogP contribution in [0.25, 0.3) is 0 Å². The van der Waals surface area contributed by atoms with Crippen LogP contribution in [0.1, 0.15) is 46.6 Å². The maximum Gasteiger partial charge on any atom is 0.245 e. The highest BCUT2D eigenvalue weighted by atomic mass is 35.5. The minimum Gasteiger partial charge on any atom is -0.378 e. The number of rotatable bonds is 7. The van der Waals surface area contributed by atoms with Crippen molar-refractivity contribution in [2.24, 2.45) is 11.1 Å². The van der Waals surface area contributed by atoms with Crippen LogP contribution in [0.5, 0.6) is 0 Å². The van der Waals surface area contributed by atoms with Crippen LogP contribution in [0.3, 0.4) is 0 Å². The van der Waals surface area contributed by atoms with Crippen molar-refractivity contribution < 1.29 is 14.3 Å². The van der Waals surface area contributed by atoms with Crippen LogP contribution in [0, 0.1) is 5.41 Å². The predicted molar refractivity (Wildman–Crippen MR) is 103 cm³/mol. The molecule has 2 atom stereocenters. The van der Waals surface area contributed by atoms with Crippen LogP contribution in [0.2, 0.25) is 0 Å². The second-order valence-corrected chi connectivity index (χ2v) is 7.35. The van der Waals surface area contributed by atoms with Crippen LogP contribution in [0.15, 0.2) is 24.3 Å². The Hall–Kier alpha value is -1.14. The Morgan fingerprint density at radius 1 is 1.32 bits per heavy atom. The van der Waals surface area contributed by atoms with Crippen molar-refractivity contribution in [3.05, 3.63) is 29.8 Å². The molecular formula is C19H31ClN2O3. The fourth-order valence-electron chi connectivity index (χ4n) is 3.01. The molecule has 0 aromatic heterocycles. The predicted octanol–water partition coefficient (Wildman–Crippen LogP) is 3.50. The molecule has 1 aliphatic carbocycles. The van der Waals surface area contributed by atoms with Crippen LogP contribution in [-0.2, 0) is 20.9 Å². The van der Waals surface area contributed by atoms with Crippen molar-refractivity contribution in [1.82, 2.24) is 0 Å². The fraction of sp³-hybridized carbons (Fsp3) is 0.632. The maximum atomic E-state index is 12.7. The molecule has 1 aliphatic rings. The van der Waals surface area contributed by atoms with E-state index < -0.39 is 11.0 Å². The SMILES string of the molecule is CCOC1CC(N)(C(=O)Nc2ccc(COC(C)C)cc2)C1(C)C.Cl. The monoisotopic (exact) mass is 370 g/mol. The molecule has 25 heavy (non-hydrogen) atoms. The summed E-state index contributed by atoms with van der Waals surface area (Å²) in [5, 5.41) is 2.93. The van der Waals surface area contributed by atoms with E-state index in [1.54, 1.807) is 0 Å². The smallest absolute Gasteiger partial charge is 0.245 e. The van der Waals surface area contributed by atoms with Gasteiger partial charge in [0.1, 0.15) is 5.54 Å². The minimum atomic E-state index is -0.910. The second kappa shape index (κ2) is 8.49. The zero-order chi connectivity index (χ0) is 18.0. The van der Waals surface area contributed by atoms with Gasteiger partial charge in [-0.3, -0.25) is 4.79 Å². The highest BCUT2D eigenvalue weighted by Gasteiger charge is 2.62. The summed E-state index contributed by atoms with van der Waals surface area (Å²) in [6.45, 7) is 11.1. The van der Waals surface area contributed by atoms with E-state index in [1.807, 2.05) is 58.9 Å². The molecule has 1 fully saturated rings. The largest absolute Gasteiger partial charge is 0.378 e. The van der Waals surface area contributed by atoms with Gasteiger partial charge in [-0.25, -0.2) is 0 Å². The van der Waals surface area contributed by atoms with E-state index >= 15 is 0 Å². The first-order valence-corrected chi connectivity index (χ1v) is 8.63. The van der Waals surface area contributed by atoms with E-state index in [1.165, 1.54) is 0 Å². The molecule has 142 valence electrons. The fourth-order valence-corrected chi connectivity index (χ4v) is 3.01. The third kappa shape index (κ3) is 4.53. The number of ether oxygens (including phenoxy) is 2. The van der Waals surface area contributed by atoms with Gasteiger partial charge in [-0.15, -0.1) is 12.4 Å². The summed E-state index contributed by atoms with van der Waals surface area (Å²) in [4.78, 5) is 12.7. The third-order valence-corrected chi connectivity index (χ3v) is 5.03. The summed E-state index contributed by atoms with van der Waals surface area (Å²) < 4.78 is 11.2. The number of hydrogen-bond donors (Lipinski definition) is 2. The third-order valence-electron chi connectivity index (χ3n) is 5.03. The summed E-state index contributed by atoms with van der Waals surface area (Å²) in [5.41, 5.74) is 6.91. The van der Waals surface area contributed by atoms with E-state index in [4.69, 9.17) is 15.2 Å². The number of nitrogens with two attached hydrogens (primary N) is 1. The molecule has 0 spiro atoms. The summed E-state index contributed by atoms with van der Waals surface area (Å²) in [6.07, 6.45) is 0.759. The van der Waals surface area contributed by atoms with Crippen molar-refractivity contribution in [2.45, 2.75) is 65.4 Å². The van der Waals surface area contributed by atoms with Gasteiger partial charge in [0, 0.05) is 24.1 Å². The van der Waals surface area contributed by atoms with Crippen LogP contribution in [-0.4, -0.2) is 30.3 Å². The Kier molecular flexibility index (Phi) is 7.44. The molecule has 1 aromatic rings. The van der Waals surface area contributed by atoms with Gasteiger partial charge in [0.25, 0.3) is 0 Å². The summed E-state index contributed by atoms with van der Waals surface area (Å²) in [7, 11) is 0. The standard InChI is InChI=1S/C19H30N2O3.ClH/c1-6-23-16-11-19(20,18(16,4)5)17(22)21-15-9-7-14(8-10-15)12-24-13(2)3;/h7-10,13,16H,6,11-12,20H2,1-5H3,(H,21,22);1H. The topological polar surface area (TPSA) is 73.6 Å². The van der Waals surface area contributed by atoms with Gasteiger partial charge in [0.2, 0.25) is 5.91 Å². The zero-order valence-electron chi connectivity index (χ0n) is 15.8. The summed E-state index contributed by atoms with van der Waals surface area (Å²) in [6, 6.07) is 7.67. The number of amides is 1. The highest BCUT2D eigenvalue weighted by Crippen LogP contribution is 2.50. The molecule has 3 N–H and O–H groups in total. The lowest BCUT2D eigenvalue weighted by molar-refractivity contribution is -0.166. The quantitative estimate of drug-likeness (QED) is 0.770. The first kappa shape index (κ1) is 21.9. The number of carbonyl (C=O) groups excluding carboxylic acids is 1. The first-order chi connectivity index (χ1) is 11.2. The van der Waals surface area contributed by atoms with Gasteiger partial charge in [0.05, 0.1) is 18.8 Å². The van der Waals surface area contributed by atoms with Gasteiger partial charge in [-0.2, -0.15) is 0 Å². The van der Waals surface area contributed by atoms with E-state index in [9.17, 15) is 4.79 Å². The van der Waals surface area contributed by atoms with Gasteiger partial charge in [0.15, 0.2) is 0 Å². The molecule has 1 amide bonds. The Morgan fingerprint density at radius 2 is 1.92 bits per heavy atom. The Bertz CT molecular complexity index is 575. The van der Waals surface area contributed by atoms with Crippen molar-refractivity contribution >= 4 is 24.0 Å². The lowest BCUT2D eigenvalue weighted by Gasteiger charge is -2.57. The molecule has 0 aliphatic heterocycles. The Labute approximate surface area is 157 Å². The van der Waals surface area contributed by atoms with Gasteiger partial charge in [-0.05, 0) is 38.5 Å². The Morgan fingerprint density at radius 3 is 2.40 bits per heavy atom. The molecule has 0 heterocycles. The van der Waals surface area contributed by atoms with Crippen molar-refractivity contribution in [2.75, 3.05) is 11.9 Å². The zero-order valence-corrected chi connectivity index (χ0v) is 16.6. The van der Waals surface area contributed by atoms with E-state index in [-0.39, 0.29) is 30.5 Å². The maximum absolute atomic E-state index is 12.7. The number of carbonyl (C=O) groups is 1. The van der Waals surface area contributed by atoms with Crippen molar-refractivity contribution in [3.8, 4) is 0 Å². The highest BCUT2D eigenvalue weighted by molar-refractivity contribution is 5.99. The number of nitrogens with one attached hydrogen (secondary N) is 1. The molecular weight excluding hydrogens is 340 g/mol. The van der Waals surface area contributed by atoms with Crippen LogP contribution < -0.4 is 11.1 Å². The van der Waals surface area contributed by atoms with Crippen LogP contribution >= 0.6 is 12.4 Å². The molecule has 6 heteroatoms. The van der Waals surface area contributed by atoms with Gasteiger partial charge < -0.3 is 20.5 Å². The average Bonchev–Trinajstić information content (AvgIpc) is 2.53.